The van der Waals surface area contributed by atoms with E-state index in [0.717, 1.165) is 12.8 Å². The molecule has 1 aliphatic carbocycles. The molecular weight excluding hydrogens is 295 g/mol. The molecule has 1 fully saturated rings. The highest BCUT2D eigenvalue weighted by Crippen LogP contribution is 2.39. The molecule has 1 heterocycles. The zero-order chi connectivity index (χ0) is 10.0. The third-order valence-corrected chi connectivity index (χ3v) is 3.28. The Bertz CT molecular complexity index is 308. The van der Waals surface area contributed by atoms with Crippen LogP contribution in [0.4, 0.5) is 0 Å². The van der Waals surface area contributed by atoms with Gasteiger partial charge in [-0.15, -0.1) is 0 Å². The van der Waals surface area contributed by atoms with Crippen LogP contribution in [0.25, 0.3) is 0 Å². The monoisotopic (exact) mass is 308 g/mol. The zero-order valence-corrected chi connectivity index (χ0v) is 10.3. The third-order valence-electron chi connectivity index (χ3n) is 2.84. The molecule has 5 heteroatoms. The normalized spacial score (nSPS) is 21.0. The second-order valence-corrected chi connectivity index (χ2v) is 4.59. The highest BCUT2D eigenvalue weighted by Gasteiger charge is 2.39. The summed E-state index contributed by atoms with van der Waals surface area (Å²) < 4.78 is 11.4. The highest BCUT2D eigenvalue weighted by molar-refractivity contribution is 14.1. The minimum atomic E-state index is -0.311. The largest absolute Gasteiger partial charge is 0.368 e. The Morgan fingerprint density at radius 2 is 2.07 bits per heavy atom. The van der Waals surface area contributed by atoms with Gasteiger partial charge < -0.3 is 9.26 Å². The summed E-state index contributed by atoms with van der Waals surface area (Å²) in [6, 6.07) is 0. The molecule has 0 aliphatic heterocycles. The first-order valence-electron chi connectivity index (χ1n) is 4.82. The van der Waals surface area contributed by atoms with E-state index in [-0.39, 0.29) is 5.60 Å². The first-order valence-corrected chi connectivity index (χ1v) is 5.89. The minimum Gasteiger partial charge on any atom is -0.368 e. The average molecular weight is 308 g/mol. The van der Waals surface area contributed by atoms with Gasteiger partial charge >= 0.3 is 0 Å². The van der Waals surface area contributed by atoms with Crippen LogP contribution in [-0.4, -0.2) is 17.3 Å². The van der Waals surface area contributed by atoms with Crippen molar-refractivity contribution in [3.63, 3.8) is 0 Å². The van der Waals surface area contributed by atoms with E-state index >= 15 is 0 Å². The van der Waals surface area contributed by atoms with Crippen molar-refractivity contribution >= 4 is 22.6 Å². The number of halogens is 1. The molecule has 0 aromatic carbocycles. The van der Waals surface area contributed by atoms with Crippen molar-refractivity contribution in [1.29, 1.82) is 0 Å². The van der Waals surface area contributed by atoms with Crippen LogP contribution in [0.5, 0.6) is 0 Å². The summed E-state index contributed by atoms with van der Waals surface area (Å²) in [4.78, 5) is 4.26. The molecule has 0 amide bonds. The molecule has 0 atom stereocenters. The van der Waals surface area contributed by atoms with E-state index in [0.29, 0.717) is 9.72 Å². The van der Waals surface area contributed by atoms with E-state index in [4.69, 9.17) is 9.26 Å². The Kier molecular flexibility index (Phi) is 3.06. The molecule has 0 N–H and O–H groups in total. The zero-order valence-electron chi connectivity index (χ0n) is 8.12. The van der Waals surface area contributed by atoms with Gasteiger partial charge in [0.1, 0.15) is 5.60 Å². The average Bonchev–Trinajstić information content (AvgIpc) is 2.66. The van der Waals surface area contributed by atoms with Gasteiger partial charge in [-0.05, 0) is 12.8 Å². The van der Waals surface area contributed by atoms with Gasteiger partial charge in [0.25, 0.3) is 5.89 Å². The molecule has 0 bridgehead atoms. The quantitative estimate of drug-likeness (QED) is 0.788. The lowest BCUT2D eigenvalue weighted by Gasteiger charge is -2.32. The van der Waals surface area contributed by atoms with E-state index in [2.05, 4.69) is 10.1 Å². The molecule has 14 heavy (non-hydrogen) atoms. The number of nitrogens with zero attached hydrogens (tertiary/aromatic N) is 2. The van der Waals surface area contributed by atoms with Gasteiger partial charge in [0.15, 0.2) is 0 Å². The fourth-order valence-electron chi connectivity index (χ4n) is 2.02. The van der Waals surface area contributed by atoms with Crippen molar-refractivity contribution < 1.29 is 9.26 Å². The Labute approximate surface area is 96.5 Å². The van der Waals surface area contributed by atoms with E-state index in [9.17, 15) is 0 Å². The maximum atomic E-state index is 5.58. The van der Waals surface area contributed by atoms with Crippen LogP contribution in [0.3, 0.4) is 0 Å². The van der Waals surface area contributed by atoms with Crippen LogP contribution in [-0.2, 0) is 10.3 Å². The summed E-state index contributed by atoms with van der Waals surface area (Å²) >= 11 is 2.05. The summed E-state index contributed by atoms with van der Waals surface area (Å²) in [5.74, 6) is 0.643. The van der Waals surface area contributed by atoms with Crippen molar-refractivity contribution in [2.75, 3.05) is 7.11 Å². The fourth-order valence-corrected chi connectivity index (χ4v) is 2.34. The van der Waals surface area contributed by atoms with Crippen molar-refractivity contribution in [2.45, 2.75) is 37.7 Å². The maximum Gasteiger partial charge on any atom is 0.259 e. The van der Waals surface area contributed by atoms with Gasteiger partial charge in [0.05, 0.1) is 0 Å². The number of methoxy groups -OCH3 is 1. The Balaban J connectivity index is 2.26. The van der Waals surface area contributed by atoms with Crippen LogP contribution >= 0.6 is 22.6 Å². The fraction of sp³-hybridized carbons (Fsp3) is 0.778. The lowest BCUT2D eigenvalue weighted by atomic mass is 9.84. The Morgan fingerprint density at radius 1 is 1.36 bits per heavy atom. The van der Waals surface area contributed by atoms with Crippen LogP contribution in [0.1, 0.15) is 38.0 Å². The third kappa shape index (κ3) is 1.79. The summed E-state index contributed by atoms with van der Waals surface area (Å²) in [6.45, 7) is 0. The van der Waals surface area contributed by atoms with Crippen LogP contribution < -0.4 is 0 Å². The second-order valence-electron chi connectivity index (χ2n) is 3.63. The molecule has 2 rings (SSSR count). The van der Waals surface area contributed by atoms with Crippen LogP contribution in [0, 0.1) is 3.83 Å². The number of aromatic nitrogens is 2. The first kappa shape index (κ1) is 10.4. The van der Waals surface area contributed by atoms with Gasteiger partial charge in [-0.2, -0.15) is 4.98 Å². The molecule has 0 saturated heterocycles. The van der Waals surface area contributed by atoms with Gasteiger partial charge in [-0.3, -0.25) is 0 Å². The van der Waals surface area contributed by atoms with E-state index in [1.807, 2.05) is 22.6 Å². The van der Waals surface area contributed by atoms with Crippen molar-refractivity contribution in [1.82, 2.24) is 10.1 Å². The minimum absolute atomic E-state index is 0.311. The molecule has 0 radical (unpaired) electrons. The van der Waals surface area contributed by atoms with E-state index in [1.165, 1.54) is 19.3 Å². The Morgan fingerprint density at radius 3 is 2.57 bits per heavy atom. The predicted molar refractivity (Wildman–Crippen MR) is 58.8 cm³/mol. The lowest BCUT2D eigenvalue weighted by molar-refractivity contribution is -0.0672. The van der Waals surface area contributed by atoms with E-state index in [1.54, 1.807) is 7.11 Å². The number of hydrogen-bond acceptors (Lipinski definition) is 4. The maximum absolute atomic E-state index is 5.58. The van der Waals surface area contributed by atoms with Crippen molar-refractivity contribution in [3.8, 4) is 0 Å². The smallest absolute Gasteiger partial charge is 0.259 e. The molecule has 0 spiro atoms. The summed E-state index contributed by atoms with van der Waals surface area (Å²) in [7, 11) is 1.72. The number of hydrogen-bond donors (Lipinski definition) is 0. The summed E-state index contributed by atoms with van der Waals surface area (Å²) in [6.07, 6.45) is 5.60. The van der Waals surface area contributed by atoms with Gasteiger partial charge in [-0.25, -0.2) is 0 Å². The van der Waals surface area contributed by atoms with Crippen molar-refractivity contribution in [3.05, 3.63) is 9.72 Å². The molecular formula is C9H13IN2O2. The Hall–Kier alpha value is -0.170. The number of ether oxygens (including phenoxy) is 1. The topological polar surface area (TPSA) is 48.2 Å². The van der Waals surface area contributed by atoms with Crippen molar-refractivity contribution in [2.24, 2.45) is 0 Å². The van der Waals surface area contributed by atoms with E-state index < -0.39 is 0 Å². The molecule has 4 nitrogen and oxygen atoms in total. The first-order chi connectivity index (χ1) is 6.77. The summed E-state index contributed by atoms with van der Waals surface area (Å²) in [5, 5.41) is 3.81. The molecule has 78 valence electrons. The molecule has 1 saturated carbocycles. The molecule has 1 aromatic heterocycles. The highest BCUT2D eigenvalue weighted by atomic mass is 127. The summed E-state index contributed by atoms with van der Waals surface area (Å²) in [5.41, 5.74) is -0.311. The van der Waals surface area contributed by atoms with Crippen LogP contribution in [0.2, 0.25) is 0 Å². The number of rotatable bonds is 2. The van der Waals surface area contributed by atoms with Gasteiger partial charge in [-0.1, -0.05) is 24.4 Å². The molecule has 1 aromatic rings. The van der Waals surface area contributed by atoms with Gasteiger partial charge in [0.2, 0.25) is 3.83 Å². The standard InChI is InChI=1S/C9H13IN2O2/c1-13-9(5-3-2-4-6-9)7-11-8(10)12-14-7/h2-6H2,1H3. The lowest BCUT2D eigenvalue weighted by Crippen LogP contribution is -2.31. The molecule has 1 aliphatic rings. The predicted octanol–water partition coefficient (Wildman–Crippen LogP) is 2.48. The SMILES string of the molecule is COC1(c2nc(I)no2)CCCCC1. The van der Waals surface area contributed by atoms with Gasteiger partial charge in [0, 0.05) is 29.7 Å². The van der Waals surface area contributed by atoms with Crippen LogP contribution in [0.15, 0.2) is 4.52 Å². The second kappa shape index (κ2) is 4.14. The molecule has 0 unspecified atom stereocenters.